The Morgan fingerprint density at radius 3 is 2.91 bits per heavy atom. The second kappa shape index (κ2) is 2.34. The average molecular weight is 151 g/mol. The summed E-state index contributed by atoms with van der Waals surface area (Å²) >= 11 is 0. The molecule has 0 N–H and O–H groups in total. The summed E-state index contributed by atoms with van der Waals surface area (Å²) in [6, 6.07) is 0.863. The highest BCUT2D eigenvalue weighted by Crippen LogP contribution is 2.43. The third kappa shape index (κ3) is 0.871. The van der Waals surface area contributed by atoms with Crippen LogP contribution in [0.25, 0.3) is 0 Å². The summed E-state index contributed by atoms with van der Waals surface area (Å²) < 4.78 is 0. The van der Waals surface area contributed by atoms with Gasteiger partial charge >= 0.3 is 0 Å². The van der Waals surface area contributed by atoms with Crippen molar-refractivity contribution in [2.75, 3.05) is 7.05 Å². The minimum Gasteiger partial charge on any atom is -0.294 e. The van der Waals surface area contributed by atoms with E-state index >= 15 is 0 Å². The van der Waals surface area contributed by atoms with Crippen LogP contribution in [0.2, 0.25) is 0 Å². The van der Waals surface area contributed by atoms with E-state index in [0.717, 1.165) is 6.04 Å². The highest BCUT2D eigenvalue weighted by molar-refractivity contribution is 5.11. The molecule has 2 saturated heterocycles. The normalized spacial score (nSPS) is 44.3. The van der Waals surface area contributed by atoms with E-state index in [2.05, 4.69) is 24.6 Å². The lowest BCUT2D eigenvalue weighted by Gasteiger charge is -2.40. The SMILES string of the molecule is C=C[C@]12CCC[C@H](CC1)N2C. The van der Waals surface area contributed by atoms with Crippen LogP contribution in [-0.4, -0.2) is 23.5 Å². The first-order chi connectivity index (χ1) is 5.28. The van der Waals surface area contributed by atoms with Crippen LogP contribution in [0.4, 0.5) is 0 Å². The predicted molar refractivity (Wildman–Crippen MR) is 47.6 cm³/mol. The molecule has 0 amide bonds. The molecule has 0 aromatic carbocycles. The Kier molecular flexibility index (Phi) is 1.57. The van der Waals surface area contributed by atoms with Gasteiger partial charge in [-0.1, -0.05) is 6.08 Å². The molecule has 2 aliphatic heterocycles. The van der Waals surface area contributed by atoms with Gasteiger partial charge in [0.2, 0.25) is 0 Å². The molecule has 2 bridgehead atoms. The number of hydrogen-bond acceptors (Lipinski definition) is 1. The highest BCUT2D eigenvalue weighted by Gasteiger charge is 2.44. The standard InChI is InChI=1S/C10H17N/c1-3-10-7-4-5-9(6-8-10)11(10)2/h3,9H,1,4-8H2,2H3/t9-,10+/m1/s1. The fraction of sp³-hybridized carbons (Fsp3) is 0.800. The Bertz CT molecular complexity index is 172. The number of fused-ring (bicyclic) bond motifs is 2. The fourth-order valence-corrected chi connectivity index (χ4v) is 2.78. The molecule has 0 saturated carbocycles. The van der Waals surface area contributed by atoms with Gasteiger partial charge < -0.3 is 0 Å². The monoisotopic (exact) mass is 151 g/mol. The van der Waals surface area contributed by atoms with Gasteiger partial charge in [-0.25, -0.2) is 0 Å². The maximum atomic E-state index is 3.96. The van der Waals surface area contributed by atoms with Crippen molar-refractivity contribution in [3.8, 4) is 0 Å². The molecule has 0 aliphatic carbocycles. The quantitative estimate of drug-likeness (QED) is 0.519. The van der Waals surface area contributed by atoms with E-state index in [1.54, 1.807) is 0 Å². The maximum Gasteiger partial charge on any atom is 0.0389 e. The van der Waals surface area contributed by atoms with Gasteiger partial charge in [-0.15, -0.1) is 6.58 Å². The van der Waals surface area contributed by atoms with Crippen molar-refractivity contribution in [2.24, 2.45) is 0 Å². The first-order valence-corrected chi connectivity index (χ1v) is 4.65. The number of hydrogen-bond donors (Lipinski definition) is 0. The van der Waals surface area contributed by atoms with Crippen LogP contribution in [-0.2, 0) is 0 Å². The smallest absolute Gasteiger partial charge is 0.0389 e. The van der Waals surface area contributed by atoms with Crippen molar-refractivity contribution in [3.63, 3.8) is 0 Å². The first-order valence-electron chi connectivity index (χ1n) is 4.65. The average Bonchev–Trinajstić information content (AvgIpc) is 2.25. The van der Waals surface area contributed by atoms with E-state index in [0.29, 0.717) is 5.54 Å². The Morgan fingerprint density at radius 1 is 1.45 bits per heavy atom. The topological polar surface area (TPSA) is 3.24 Å². The van der Waals surface area contributed by atoms with Crippen molar-refractivity contribution in [3.05, 3.63) is 12.7 Å². The molecule has 2 heterocycles. The molecule has 0 aromatic rings. The summed E-state index contributed by atoms with van der Waals surface area (Å²) in [5, 5.41) is 0. The lowest BCUT2D eigenvalue weighted by atomic mass is 9.89. The minimum absolute atomic E-state index is 0.392. The van der Waals surface area contributed by atoms with Crippen molar-refractivity contribution >= 4 is 0 Å². The first kappa shape index (κ1) is 7.35. The van der Waals surface area contributed by atoms with E-state index in [1.165, 1.54) is 32.1 Å². The molecule has 2 rings (SSSR count). The molecular formula is C10H17N. The second-order valence-electron chi connectivity index (χ2n) is 4.00. The summed E-state index contributed by atoms with van der Waals surface area (Å²) in [7, 11) is 2.26. The molecule has 0 unspecified atom stereocenters. The van der Waals surface area contributed by atoms with Gasteiger partial charge in [-0.3, -0.25) is 4.90 Å². The molecule has 11 heavy (non-hydrogen) atoms. The molecule has 0 spiro atoms. The third-order valence-electron chi connectivity index (χ3n) is 3.69. The molecule has 2 aliphatic rings. The summed E-state index contributed by atoms with van der Waals surface area (Å²) in [5.74, 6) is 0. The van der Waals surface area contributed by atoms with Crippen LogP contribution in [0.3, 0.4) is 0 Å². The maximum absolute atomic E-state index is 3.96. The van der Waals surface area contributed by atoms with Gasteiger partial charge in [0.15, 0.2) is 0 Å². The molecule has 0 radical (unpaired) electrons. The molecule has 0 aromatic heterocycles. The van der Waals surface area contributed by atoms with Crippen LogP contribution >= 0.6 is 0 Å². The van der Waals surface area contributed by atoms with Crippen LogP contribution in [0, 0.1) is 0 Å². The lowest BCUT2D eigenvalue weighted by Crippen LogP contribution is -2.46. The van der Waals surface area contributed by atoms with E-state index in [9.17, 15) is 0 Å². The van der Waals surface area contributed by atoms with Gasteiger partial charge in [0.1, 0.15) is 0 Å². The van der Waals surface area contributed by atoms with E-state index < -0.39 is 0 Å². The number of nitrogens with zero attached hydrogens (tertiary/aromatic N) is 1. The van der Waals surface area contributed by atoms with Gasteiger partial charge in [0.25, 0.3) is 0 Å². The predicted octanol–water partition coefficient (Wildman–Crippen LogP) is 2.19. The largest absolute Gasteiger partial charge is 0.294 e. The van der Waals surface area contributed by atoms with Crippen molar-refractivity contribution in [1.29, 1.82) is 0 Å². The Hall–Kier alpha value is -0.300. The Balaban J connectivity index is 2.26. The summed E-state index contributed by atoms with van der Waals surface area (Å²) in [5.41, 5.74) is 0.392. The van der Waals surface area contributed by atoms with E-state index in [4.69, 9.17) is 0 Å². The highest BCUT2D eigenvalue weighted by atomic mass is 15.2. The zero-order chi connectivity index (χ0) is 7.90. The van der Waals surface area contributed by atoms with E-state index in [1.807, 2.05) is 0 Å². The molecule has 1 heteroatoms. The zero-order valence-corrected chi connectivity index (χ0v) is 7.34. The Labute approximate surface area is 69.1 Å². The van der Waals surface area contributed by atoms with Crippen LogP contribution in [0.1, 0.15) is 32.1 Å². The van der Waals surface area contributed by atoms with E-state index in [-0.39, 0.29) is 0 Å². The minimum atomic E-state index is 0.392. The fourth-order valence-electron chi connectivity index (χ4n) is 2.78. The zero-order valence-electron chi connectivity index (χ0n) is 7.34. The molecule has 2 fully saturated rings. The molecular weight excluding hydrogens is 134 g/mol. The van der Waals surface area contributed by atoms with Gasteiger partial charge in [-0.2, -0.15) is 0 Å². The summed E-state index contributed by atoms with van der Waals surface area (Å²) in [6.45, 7) is 3.96. The third-order valence-corrected chi connectivity index (χ3v) is 3.69. The second-order valence-corrected chi connectivity index (χ2v) is 4.00. The number of likely N-dealkylation sites (N-methyl/N-ethyl adjacent to an activating group) is 1. The number of rotatable bonds is 1. The van der Waals surface area contributed by atoms with Gasteiger partial charge in [-0.05, 0) is 39.2 Å². The Morgan fingerprint density at radius 2 is 2.27 bits per heavy atom. The summed E-state index contributed by atoms with van der Waals surface area (Å²) in [6.07, 6.45) is 9.06. The van der Waals surface area contributed by atoms with Gasteiger partial charge in [0, 0.05) is 11.6 Å². The number of piperidine rings is 1. The molecule has 1 nitrogen and oxygen atoms in total. The van der Waals surface area contributed by atoms with Crippen LogP contribution in [0.5, 0.6) is 0 Å². The van der Waals surface area contributed by atoms with Crippen LogP contribution in [0.15, 0.2) is 12.7 Å². The molecule has 62 valence electrons. The van der Waals surface area contributed by atoms with Gasteiger partial charge in [0.05, 0.1) is 0 Å². The van der Waals surface area contributed by atoms with Crippen LogP contribution < -0.4 is 0 Å². The summed E-state index contributed by atoms with van der Waals surface area (Å²) in [4.78, 5) is 2.55. The van der Waals surface area contributed by atoms with Crippen molar-refractivity contribution in [2.45, 2.75) is 43.7 Å². The lowest BCUT2D eigenvalue weighted by molar-refractivity contribution is 0.122. The van der Waals surface area contributed by atoms with Crippen molar-refractivity contribution in [1.82, 2.24) is 4.90 Å². The van der Waals surface area contributed by atoms with Crippen molar-refractivity contribution < 1.29 is 0 Å². The molecule has 2 atom stereocenters.